The molecule has 6 heteroatoms. The second-order valence-electron chi connectivity index (χ2n) is 8.13. The minimum Gasteiger partial charge on any atom is -0.375 e. The first-order chi connectivity index (χ1) is 12.6. The van der Waals surface area contributed by atoms with E-state index in [-0.39, 0.29) is 41.6 Å². The Morgan fingerprint density at radius 3 is 2.59 bits per heavy atom. The van der Waals surface area contributed by atoms with Crippen molar-refractivity contribution in [2.75, 3.05) is 39.9 Å². The molecule has 1 aromatic rings. The van der Waals surface area contributed by atoms with E-state index in [4.69, 9.17) is 9.47 Å². The van der Waals surface area contributed by atoms with E-state index in [1.165, 1.54) is 5.56 Å². The van der Waals surface area contributed by atoms with Crippen molar-refractivity contribution in [2.45, 2.75) is 45.3 Å². The van der Waals surface area contributed by atoms with Crippen LogP contribution >= 0.6 is 24.0 Å². The van der Waals surface area contributed by atoms with E-state index < -0.39 is 0 Å². The van der Waals surface area contributed by atoms with Gasteiger partial charge in [-0.3, -0.25) is 4.99 Å². The highest BCUT2D eigenvalue weighted by Gasteiger charge is 2.32. The average molecular weight is 487 g/mol. The SMILES string of the molecule is CN=C(NCC(C)(C)Cc1ccccc1)N1CCOC(C2CCCO2)C1.I. The predicted molar refractivity (Wildman–Crippen MR) is 121 cm³/mol. The van der Waals surface area contributed by atoms with Gasteiger partial charge in [-0.2, -0.15) is 0 Å². The Morgan fingerprint density at radius 2 is 1.93 bits per heavy atom. The van der Waals surface area contributed by atoms with Gasteiger partial charge in [-0.1, -0.05) is 44.2 Å². The maximum absolute atomic E-state index is 5.96. The number of halogens is 1. The normalized spacial score (nSPS) is 23.8. The summed E-state index contributed by atoms with van der Waals surface area (Å²) in [5, 5.41) is 3.59. The first-order valence-electron chi connectivity index (χ1n) is 9.80. The van der Waals surface area contributed by atoms with Gasteiger partial charge in [-0.05, 0) is 30.2 Å². The zero-order valence-corrected chi connectivity index (χ0v) is 19.1. The lowest BCUT2D eigenvalue weighted by Gasteiger charge is -2.38. The Labute approximate surface area is 180 Å². The van der Waals surface area contributed by atoms with Crippen LogP contribution in [0.15, 0.2) is 35.3 Å². The zero-order chi connectivity index (χ0) is 18.4. The lowest BCUT2D eigenvalue weighted by atomic mass is 9.86. The van der Waals surface area contributed by atoms with Crippen LogP contribution in [-0.2, 0) is 15.9 Å². The Morgan fingerprint density at radius 1 is 1.19 bits per heavy atom. The summed E-state index contributed by atoms with van der Waals surface area (Å²) in [5.74, 6) is 0.970. The Balaban J connectivity index is 0.00000261. The highest BCUT2D eigenvalue weighted by Crippen LogP contribution is 2.22. The van der Waals surface area contributed by atoms with Gasteiger partial charge in [-0.25, -0.2) is 0 Å². The van der Waals surface area contributed by atoms with Gasteiger partial charge < -0.3 is 19.7 Å². The van der Waals surface area contributed by atoms with Crippen LogP contribution in [0.25, 0.3) is 0 Å². The van der Waals surface area contributed by atoms with Gasteiger partial charge in [0.25, 0.3) is 0 Å². The van der Waals surface area contributed by atoms with E-state index in [0.29, 0.717) is 0 Å². The smallest absolute Gasteiger partial charge is 0.193 e. The molecule has 2 heterocycles. The molecule has 2 aliphatic rings. The molecule has 0 aromatic heterocycles. The highest BCUT2D eigenvalue weighted by molar-refractivity contribution is 14.0. The van der Waals surface area contributed by atoms with Crippen molar-refractivity contribution in [3.05, 3.63) is 35.9 Å². The number of nitrogens with zero attached hydrogens (tertiary/aromatic N) is 2. The summed E-state index contributed by atoms with van der Waals surface area (Å²) in [6.45, 7) is 8.81. The molecule has 152 valence electrons. The molecule has 2 saturated heterocycles. The zero-order valence-electron chi connectivity index (χ0n) is 16.8. The summed E-state index contributed by atoms with van der Waals surface area (Å²) in [6.07, 6.45) is 3.69. The minimum absolute atomic E-state index is 0. The molecule has 0 saturated carbocycles. The molecule has 1 aromatic carbocycles. The number of guanidine groups is 1. The van der Waals surface area contributed by atoms with Crippen LogP contribution < -0.4 is 5.32 Å². The molecule has 5 nitrogen and oxygen atoms in total. The Kier molecular flexibility index (Phi) is 8.82. The number of aliphatic imine (C=N–C) groups is 1. The van der Waals surface area contributed by atoms with Crippen molar-refractivity contribution in [1.82, 2.24) is 10.2 Å². The largest absolute Gasteiger partial charge is 0.375 e. The van der Waals surface area contributed by atoms with Crippen molar-refractivity contribution >= 4 is 29.9 Å². The van der Waals surface area contributed by atoms with Crippen molar-refractivity contribution < 1.29 is 9.47 Å². The number of hydrogen-bond donors (Lipinski definition) is 1. The van der Waals surface area contributed by atoms with Crippen molar-refractivity contribution in [3.8, 4) is 0 Å². The van der Waals surface area contributed by atoms with Crippen LogP contribution in [0.2, 0.25) is 0 Å². The van der Waals surface area contributed by atoms with Gasteiger partial charge in [0.2, 0.25) is 0 Å². The topological polar surface area (TPSA) is 46.1 Å². The number of rotatable bonds is 5. The molecule has 2 atom stereocenters. The van der Waals surface area contributed by atoms with Gasteiger partial charge >= 0.3 is 0 Å². The predicted octanol–water partition coefficient (Wildman–Crippen LogP) is 3.33. The number of benzene rings is 1. The summed E-state index contributed by atoms with van der Waals surface area (Å²) in [4.78, 5) is 6.83. The fraction of sp³-hybridized carbons (Fsp3) is 0.667. The first-order valence-corrected chi connectivity index (χ1v) is 9.80. The lowest BCUT2D eigenvalue weighted by molar-refractivity contribution is -0.0817. The fourth-order valence-corrected chi connectivity index (χ4v) is 3.85. The van der Waals surface area contributed by atoms with Crippen molar-refractivity contribution in [3.63, 3.8) is 0 Å². The summed E-state index contributed by atoms with van der Waals surface area (Å²) >= 11 is 0. The van der Waals surface area contributed by atoms with Gasteiger partial charge in [0, 0.05) is 33.3 Å². The third kappa shape index (κ3) is 6.61. The maximum atomic E-state index is 5.96. The fourth-order valence-electron chi connectivity index (χ4n) is 3.85. The molecule has 0 bridgehead atoms. The van der Waals surface area contributed by atoms with E-state index in [1.807, 2.05) is 7.05 Å². The van der Waals surface area contributed by atoms with Crippen LogP contribution in [0.4, 0.5) is 0 Å². The van der Waals surface area contributed by atoms with Crippen molar-refractivity contribution in [1.29, 1.82) is 0 Å². The monoisotopic (exact) mass is 487 g/mol. The van der Waals surface area contributed by atoms with E-state index in [2.05, 4.69) is 59.4 Å². The van der Waals surface area contributed by atoms with Crippen LogP contribution in [0, 0.1) is 5.41 Å². The van der Waals surface area contributed by atoms with Crippen molar-refractivity contribution in [2.24, 2.45) is 10.4 Å². The first kappa shape index (κ1) is 22.4. The molecule has 0 radical (unpaired) electrons. The molecule has 0 amide bonds. The van der Waals surface area contributed by atoms with Crippen LogP contribution in [-0.4, -0.2) is 63.0 Å². The third-order valence-electron chi connectivity index (χ3n) is 5.23. The van der Waals surface area contributed by atoms with E-state index in [1.54, 1.807) is 0 Å². The maximum Gasteiger partial charge on any atom is 0.193 e. The number of morpholine rings is 1. The van der Waals surface area contributed by atoms with Gasteiger partial charge in [0.05, 0.1) is 12.7 Å². The van der Waals surface area contributed by atoms with Crippen LogP contribution in [0.5, 0.6) is 0 Å². The molecular formula is C21H34IN3O2. The summed E-state index contributed by atoms with van der Waals surface area (Å²) in [5.41, 5.74) is 1.52. The van der Waals surface area contributed by atoms with Gasteiger partial charge in [-0.15, -0.1) is 24.0 Å². The standard InChI is InChI=1S/C21H33N3O2.HI/c1-21(2,14-17-8-5-4-6-9-17)16-23-20(22-3)24-11-13-26-19(15-24)18-10-7-12-25-18;/h4-6,8-9,18-19H,7,10-16H2,1-3H3,(H,22,23);1H. The summed E-state index contributed by atoms with van der Waals surface area (Å²) in [6, 6.07) is 10.7. The molecule has 0 spiro atoms. The minimum atomic E-state index is 0. The Bertz CT molecular complexity index is 588. The lowest BCUT2D eigenvalue weighted by Crippen LogP contribution is -2.54. The average Bonchev–Trinajstić information content (AvgIpc) is 3.18. The quantitative estimate of drug-likeness (QED) is 0.393. The number of ether oxygens (including phenoxy) is 2. The summed E-state index contributed by atoms with van der Waals surface area (Å²) in [7, 11) is 1.86. The highest BCUT2D eigenvalue weighted by atomic mass is 127. The number of nitrogens with one attached hydrogen (secondary N) is 1. The summed E-state index contributed by atoms with van der Waals surface area (Å²) < 4.78 is 11.8. The van der Waals surface area contributed by atoms with Gasteiger partial charge in [0.15, 0.2) is 5.96 Å². The Hall–Kier alpha value is -0.860. The molecular weight excluding hydrogens is 453 g/mol. The van der Waals surface area contributed by atoms with Gasteiger partial charge in [0.1, 0.15) is 6.10 Å². The number of hydrogen-bond acceptors (Lipinski definition) is 3. The molecule has 2 unspecified atom stereocenters. The molecule has 27 heavy (non-hydrogen) atoms. The second kappa shape index (κ2) is 10.6. The molecule has 3 rings (SSSR count). The van der Waals surface area contributed by atoms with Crippen LogP contribution in [0.1, 0.15) is 32.3 Å². The molecule has 2 aliphatic heterocycles. The third-order valence-corrected chi connectivity index (χ3v) is 5.23. The second-order valence-corrected chi connectivity index (χ2v) is 8.13. The molecule has 0 aliphatic carbocycles. The van der Waals surface area contributed by atoms with E-state index in [0.717, 1.165) is 58.1 Å². The van der Waals surface area contributed by atoms with E-state index >= 15 is 0 Å². The molecule has 1 N–H and O–H groups in total. The molecule has 2 fully saturated rings. The van der Waals surface area contributed by atoms with Crippen LogP contribution in [0.3, 0.4) is 0 Å². The van der Waals surface area contributed by atoms with E-state index in [9.17, 15) is 0 Å².